The van der Waals surface area contributed by atoms with Crippen LogP contribution in [-0.2, 0) is 13.0 Å². The topological polar surface area (TPSA) is 140 Å². The molecule has 2 aromatic heterocycles. The highest BCUT2D eigenvalue weighted by atomic mass is 16.6. The van der Waals surface area contributed by atoms with E-state index in [0.717, 1.165) is 25.1 Å². The molecule has 1 amide bonds. The summed E-state index contributed by atoms with van der Waals surface area (Å²) < 4.78 is 5.90. The molecule has 0 bridgehead atoms. The van der Waals surface area contributed by atoms with Crippen molar-refractivity contribution in [3.63, 3.8) is 0 Å². The Morgan fingerprint density at radius 3 is 2.48 bits per heavy atom. The highest BCUT2D eigenvalue weighted by molar-refractivity contribution is 6.00. The number of hydrogen-bond acceptors (Lipinski definition) is 9. The zero-order valence-electron chi connectivity index (χ0n) is 19.7. The molecule has 0 saturated carbocycles. The van der Waals surface area contributed by atoms with Crippen molar-refractivity contribution in [1.82, 2.24) is 35.6 Å². The average Bonchev–Trinajstić information content (AvgIpc) is 3.41. The molecule has 0 spiro atoms. The maximum Gasteiger partial charge on any atom is 0.292 e. The van der Waals surface area contributed by atoms with E-state index < -0.39 is 5.91 Å². The van der Waals surface area contributed by atoms with Crippen LogP contribution in [0.2, 0.25) is 0 Å². The van der Waals surface area contributed by atoms with Crippen molar-refractivity contribution in [3.8, 4) is 5.82 Å². The second kappa shape index (κ2) is 10.8. The third kappa shape index (κ3) is 5.80. The molecule has 11 nitrogen and oxygen atoms in total. The summed E-state index contributed by atoms with van der Waals surface area (Å²) in [5.74, 6) is 0.201. The monoisotopic (exact) mass is 453 g/mol. The van der Waals surface area contributed by atoms with Gasteiger partial charge in [0.05, 0.1) is 5.71 Å². The van der Waals surface area contributed by atoms with Gasteiger partial charge in [-0.1, -0.05) is 57.2 Å². The fourth-order valence-corrected chi connectivity index (χ4v) is 3.40. The number of rotatable bonds is 10. The lowest BCUT2D eigenvalue weighted by Gasteiger charge is -2.16. The summed E-state index contributed by atoms with van der Waals surface area (Å²) >= 11 is 0. The maximum atomic E-state index is 13.2. The fraction of sp³-hybridized carbons (Fsp3) is 0.455. The number of aromatic nitrogens is 5. The van der Waals surface area contributed by atoms with E-state index in [9.17, 15) is 4.79 Å². The summed E-state index contributed by atoms with van der Waals surface area (Å²) in [4.78, 5) is 15.3. The largest absolute Gasteiger partial charge is 0.378 e. The minimum absolute atomic E-state index is 0.00417. The Hall–Kier alpha value is -3.60. The Labute approximate surface area is 193 Å². The first-order valence-electron chi connectivity index (χ1n) is 11.0. The number of carbonyl (C=O) groups excluding carboxylic acids is 1. The van der Waals surface area contributed by atoms with Crippen LogP contribution in [0.1, 0.15) is 61.9 Å². The molecule has 3 aromatic rings. The molecular formula is C22H31N9O2. The van der Waals surface area contributed by atoms with Gasteiger partial charge in [-0.25, -0.2) is 10.1 Å². The molecular weight excluding hydrogens is 422 g/mol. The summed E-state index contributed by atoms with van der Waals surface area (Å²) in [6.45, 7) is 12.3. The van der Waals surface area contributed by atoms with Gasteiger partial charge >= 0.3 is 0 Å². The molecule has 0 unspecified atom stereocenters. The lowest BCUT2D eigenvalue weighted by atomic mass is 10.0. The smallest absolute Gasteiger partial charge is 0.292 e. The number of nitrogens with one attached hydrogen (secondary N) is 1. The van der Waals surface area contributed by atoms with Gasteiger partial charge in [0.1, 0.15) is 5.69 Å². The summed E-state index contributed by atoms with van der Waals surface area (Å²) in [5, 5.41) is 19.9. The molecule has 1 aromatic carbocycles. The Morgan fingerprint density at radius 2 is 1.91 bits per heavy atom. The number of hydrazone groups is 1. The molecule has 0 aliphatic rings. The number of carbonyl (C=O) groups is 1. The third-order valence-electron chi connectivity index (χ3n) is 5.26. The van der Waals surface area contributed by atoms with Gasteiger partial charge in [0, 0.05) is 6.54 Å². The number of nitrogen functional groups attached to an aromatic ring is 1. The first-order chi connectivity index (χ1) is 15.8. The predicted molar refractivity (Wildman–Crippen MR) is 125 cm³/mol. The van der Waals surface area contributed by atoms with Crippen molar-refractivity contribution < 1.29 is 9.42 Å². The van der Waals surface area contributed by atoms with Gasteiger partial charge in [-0.3, -0.25) is 9.69 Å². The molecule has 2 heterocycles. The van der Waals surface area contributed by atoms with Gasteiger partial charge in [0.15, 0.2) is 5.69 Å². The van der Waals surface area contributed by atoms with E-state index in [4.69, 9.17) is 5.73 Å². The Morgan fingerprint density at radius 1 is 1.21 bits per heavy atom. The van der Waals surface area contributed by atoms with Gasteiger partial charge in [-0.05, 0) is 53.8 Å². The molecule has 176 valence electrons. The van der Waals surface area contributed by atoms with Crippen molar-refractivity contribution in [2.75, 3.05) is 18.8 Å². The van der Waals surface area contributed by atoms with Crippen LogP contribution in [0.5, 0.6) is 0 Å². The predicted octanol–water partition coefficient (Wildman–Crippen LogP) is 2.43. The van der Waals surface area contributed by atoms with Crippen LogP contribution in [0.15, 0.2) is 34.0 Å². The standard InChI is InChI=1S/C22H31N9O2/c1-6-30(7-2)13-18-19(31(29-25-18)21-20(23)27-33-28-21)22(32)26-24-15(5)17-10-8-16(9-11-17)12-14(3)4/h8-11,14H,6-7,12-13H2,1-5H3,(H2,23,27)(H,26,32). The van der Waals surface area contributed by atoms with Gasteiger partial charge < -0.3 is 5.73 Å². The molecule has 0 atom stereocenters. The van der Waals surface area contributed by atoms with E-state index >= 15 is 0 Å². The van der Waals surface area contributed by atoms with E-state index in [0.29, 0.717) is 23.9 Å². The van der Waals surface area contributed by atoms with Crippen LogP contribution in [0.3, 0.4) is 0 Å². The first-order valence-corrected chi connectivity index (χ1v) is 11.0. The van der Waals surface area contributed by atoms with E-state index in [-0.39, 0.29) is 17.3 Å². The van der Waals surface area contributed by atoms with Crippen LogP contribution in [-0.4, -0.2) is 54.9 Å². The van der Waals surface area contributed by atoms with Crippen LogP contribution in [0, 0.1) is 5.92 Å². The van der Waals surface area contributed by atoms with Crippen molar-refractivity contribution in [3.05, 3.63) is 46.8 Å². The summed E-state index contributed by atoms with van der Waals surface area (Å²) in [6, 6.07) is 8.17. The van der Waals surface area contributed by atoms with Gasteiger partial charge in [0.2, 0.25) is 11.6 Å². The van der Waals surface area contributed by atoms with Crippen molar-refractivity contribution in [2.45, 2.75) is 47.6 Å². The van der Waals surface area contributed by atoms with E-state index in [1.165, 1.54) is 10.2 Å². The van der Waals surface area contributed by atoms with Crippen molar-refractivity contribution >= 4 is 17.4 Å². The average molecular weight is 454 g/mol. The Bertz CT molecular complexity index is 1100. The van der Waals surface area contributed by atoms with Gasteiger partial charge in [0.25, 0.3) is 5.91 Å². The normalized spacial score (nSPS) is 12.0. The van der Waals surface area contributed by atoms with Crippen molar-refractivity contribution in [2.24, 2.45) is 11.0 Å². The van der Waals surface area contributed by atoms with E-state index in [2.05, 4.69) is 66.7 Å². The number of nitrogens with two attached hydrogens (primary N) is 1. The van der Waals surface area contributed by atoms with Crippen molar-refractivity contribution in [1.29, 1.82) is 0 Å². The number of hydrogen-bond donors (Lipinski definition) is 2. The molecule has 3 N–H and O–H groups in total. The Kier molecular flexibility index (Phi) is 7.88. The van der Waals surface area contributed by atoms with E-state index in [1.807, 2.05) is 32.9 Å². The number of amides is 1. The van der Waals surface area contributed by atoms with Gasteiger partial charge in [-0.15, -0.1) is 5.10 Å². The van der Waals surface area contributed by atoms with Gasteiger partial charge in [-0.2, -0.15) is 9.78 Å². The molecule has 0 radical (unpaired) electrons. The quantitative estimate of drug-likeness (QED) is 0.352. The lowest BCUT2D eigenvalue weighted by molar-refractivity contribution is 0.0944. The second-order valence-electron chi connectivity index (χ2n) is 8.16. The van der Waals surface area contributed by atoms with Crippen LogP contribution < -0.4 is 11.2 Å². The fourth-order valence-electron chi connectivity index (χ4n) is 3.40. The minimum Gasteiger partial charge on any atom is -0.378 e. The molecule has 11 heteroatoms. The third-order valence-corrected chi connectivity index (χ3v) is 5.26. The molecule has 0 aliphatic carbocycles. The first kappa shape index (κ1) is 24.1. The Balaban J connectivity index is 1.85. The number of anilines is 1. The second-order valence-corrected chi connectivity index (χ2v) is 8.16. The lowest BCUT2D eigenvalue weighted by Crippen LogP contribution is -2.27. The molecule has 0 fully saturated rings. The minimum atomic E-state index is -0.486. The SMILES string of the molecule is CCN(CC)Cc1nnn(-c2nonc2N)c1C(=O)NN=C(C)c1ccc(CC(C)C)cc1. The highest BCUT2D eigenvalue weighted by Crippen LogP contribution is 2.17. The summed E-state index contributed by atoms with van der Waals surface area (Å²) in [5.41, 5.74) is 11.9. The molecule has 0 aliphatic heterocycles. The van der Waals surface area contributed by atoms with Crippen LogP contribution in [0.4, 0.5) is 5.82 Å². The van der Waals surface area contributed by atoms with Crippen LogP contribution >= 0.6 is 0 Å². The van der Waals surface area contributed by atoms with E-state index in [1.54, 1.807) is 0 Å². The molecule has 0 saturated heterocycles. The number of nitrogens with zero attached hydrogens (tertiary/aromatic N) is 7. The van der Waals surface area contributed by atoms with Crippen LogP contribution in [0.25, 0.3) is 5.82 Å². The zero-order chi connectivity index (χ0) is 24.0. The number of benzene rings is 1. The summed E-state index contributed by atoms with van der Waals surface area (Å²) in [7, 11) is 0. The maximum absolute atomic E-state index is 13.2. The molecule has 3 rings (SSSR count). The highest BCUT2D eigenvalue weighted by Gasteiger charge is 2.25. The summed E-state index contributed by atoms with van der Waals surface area (Å²) in [6.07, 6.45) is 1.01. The zero-order valence-corrected chi connectivity index (χ0v) is 19.7. The molecule has 33 heavy (non-hydrogen) atoms.